The fraction of sp³-hybridized carbons (Fsp3) is 0.158. The molecule has 2 N–H and O–H groups in total. The molecule has 0 aliphatic rings. The van der Waals surface area contributed by atoms with Gasteiger partial charge in [0.05, 0.1) is 12.1 Å². The molecule has 0 aliphatic carbocycles. The summed E-state index contributed by atoms with van der Waals surface area (Å²) in [6.07, 6.45) is 2.21. The predicted octanol–water partition coefficient (Wildman–Crippen LogP) is 4.68. The van der Waals surface area contributed by atoms with E-state index >= 15 is 0 Å². The predicted molar refractivity (Wildman–Crippen MR) is 102 cm³/mol. The number of anilines is 3. The van der Waals surface area contributed by atoms with Crippen LogP contribution in [-0.4, -0.2) is 23.6 Å². The van der Waals surface area contributed by atoms with E-state index in [-0.39, 0.29) is 5.82 Å². The maximum atomic E-state index is 13.6. The minimum Gasteiger partial charge on any atom is -0.495 e. The van der Waals surface area contributed by atoms with Gasteiger partial charge in [-0.25, -0.2) is 9.37 Å². The third-order valence-electron chi connectivity index (χ3n) is 3.72. The van der Waals surface area contributed by atoms with Crippen molar-refractivity contribution in [1.29, 1.82) is 0 Å². The largest absolute Gasteiger partial charge is 0.495 e. The number of methoxy groups -OCH3 is 1. The highest BCUT2D eigenvalue weighted by atomic mass is 35.5. The molecular weight excluding hydrogens is 355 g/mol. The molecule has 7 heteroatoms. The zero-order valence-corrected chi connectivity index (χ0v) is 14.9. The van der Waals surface area contributed by atoms with Gasteiger partial charge in [-0.05, 0) is 42.3 Å². The van der Waals surface area contributed by atoms with Crippen LogP contribution in [0.15, 0.2) is 54.7 Å². The number of ether oxygens (including phenoxy) is 1. The molecule has 0 spiro atoms. The van der Waals surface area contributed by atoms with Crippen LogP contribution in [0.4, 0.5) is 21.8 Å². The highest BCUT2D eigenvalue weighted by Gasteiger charge is 2.05. The number of halogens is 2. The molecule has 1 aromatic heterocycles. The van der Waals surface area contributed by atoms with Crippen molar-refractivity contribution in [3.05, 3.63) is 71.1 Å². The molecule has 0 saturated heterocycles. The molecule has 0 atom stereocenters. The van der Waals surface area contributed by atoms with E-state index in [1.165, 1.54) is 6.07 Å². The first-order chi connectivity index (χ1) is 12.7. The van der Waals surface area contributed by atoms with Crippen molar-refractivity contribution in [2.75, 3.05) is 24.3 Å². The lowest BCUT2D eigenvalue weighted by Gasteiger charge is -2.10. The SMILES string of the molecule is COc1ccc(Nc2nccc(NCCc3ccccc3F)n2)cc1Cl. The Labute approximate surface area is 156 Å². The van der Waals surface area contributed by atoms with E-state index in [2.05, 4.69) is 20.6 Å². The Morgan fingerprint density at radius 1 is 1.15 bits per heavy atom. The van der Waals surface area contributed by atoms with Gasteiger partial charge in [0.25, 0.3) is 0 Å². The zero-order chi connectivity index (χ0) is 18.4. The first-order valence-corrected chi connectivity index (χ1v) is 8.44. The van der Waals surface area contributed by atoms with Gasteiger partial charge in [-0.1, -0.05) is 29.8 Å². The molecule has 134 valence electrons. The van der Waals surface area contributed by atoms with Gasteiger partial charge in [-0.15, -0.1) is 0 Å². The number of hydrogen-bond acceptors (Lipinski definition) is 5. The first kappa shape index (κ1) is 17.9. The van der Waals surface area contributed by atoms with Crippen LogP contribution in [0, 0.1) is 5.82 Å². The molecule has 0 unspecified atom stereocenters. The monoisotopic (exact) mass is 372 g/mol. The van der Waals surface area contributed by atoms with Crippen molar-refractivity contribution >= 4 is 29.1 Å². The van der Waals surface area contributed by atoms with Crippen LogP contribution in [0.1, 0.15) is 5.56 Å². The maximum Gasteiger partial charge on any atom is 0.229 e. The van der Waals surface area contributed by atoms with E-state index in [1.807, 2.05) is 12.1 Å². The van der Waals surface area contributed by atoms with Crippen LogP contribution < -0.4 is 15.4 Å². The van der Waals surface area contributed by atoms with Crippen molar-refractivity contribution in [3.63, 3.8) is 0 Å². The average molecular weight is 373 g/mol. The fourth-order valence-electron chi connectivity index (χ4n) is 2.42. The Bertz CT molecular complexity index is 891. The van der Waals surface area contributed by atoms with Crippen LogP contribution in [0.5, 0.6) is 5.75 Å². The van der Waals surface area contributed by atoms with E-state index in [0.29, 0.717) is 41.1 Å². The molecule has 0 amide bonds. The van der Waals surface area contributed by atoms with Gasteiger partial charge in [-0.3, -0.25) is 0 Å². The summed E-state index contributed by atoms with van der Waals surface area (Å²) in [5.74, 6) is 1.48. The van der Waals surface area contributed by atoms with Gasteiger partial charge in [-0.2, -0.15) is 4.98 Å². The minimum absolute atomic E-state index is 0.198. The van der Waals surface area contributed by atoms with Gasteiger partial charge in [0, 0.05) is 18.4 Å². The van der Waals surface area contributed by atoms with Crippen molar-refractivity contribution in [2.24, 2.45) is 0 Å². The van der Waals surface area contributed by atoms with Crippen LogP contribution in [0.2, 0.25) is 5.02 Å². The third-order valence-corrected chi connectivity index (χ3v) is 4.02. The van der Waals surface area contributed by atoms with Crippen molar-refractivity contribution in [3.8, 4) is 5.75 Å². The molecule has 2 aromatic carbocycles. The molecule has 26 heavy (non-hydrogen) atoms. The summed E-state index contributed by atoms with van der Waals surface area (Å²) >= 11 is 6.12. The van der Waals surface area contributed by atoms with E-state index in [0.717, 1.165) is 5.69 Å². The number of nitrogens with one attached hydrogen (secondary N) is 2. The number of aromatic nitrogens is 2. The highest BCUT2D eigenvalue weighted by molar-refractivity contribution is 6.32. The Balaban J connectivity index is 1.61. The molecule has 1 heterocycles. The summed E-state index contributed by atoms with van der Waals surface area (Å²) in [5, 5.41) is 6.76. The molecule has 5 nitrogen and oxygen atoms in total. The van der Waals surface area contributed by atoms with Gasteiger partial charge in [0.2, 0.25) is 5.95 Å². The fourth-order valence-corrected chi connectivity index (χ4v) is 2.67. The smallest absolute Gasteiger partial charge is 0.229 e. The normalized spacial score (nSPS) is 10.4. The third kappa shape index (κ3) is 4.61. The van der Waals surface area contributed by atoms with Crippen LogP contribution in [0.25, 0.3) is 0 Å². The molecule has 0 saturated carbocycles. The summed E-state index contributed by atoms with van der Waals surface area (Å²) in [4.78, 5) is 8.58. The lowest BCUT2D eigenvalue weighted by Crippen LogP contribution is -2.08. The van der Waals surface area contributed by atoms with Gasteiger partial charge < -0.3 is 15.4 Å². The van der Waals surface area contributed by atoms with Gasteiger partial charge in [0.15, 0.2) is 0 Å². The molecule has 0 aliphatic heterocycles. The Hall–Kier alpha value is -2.86. The summed E-state index contributed by atoms with van der Waals surface area (Å²) < 4.78 is 18.8. The van der Waals surface area contributed by atoms with E-state index in [4.69, 9.17) is 16.3 Å². The number of hydrogen-bond donors (Lipinski definition) is 2. The molecular formula is C19H18ClFN4O. The lowest BCUT2D eigenvalue weighted by molar-refractivity contribution is 0.415. The van der Waals surface area contributed by atoms with Crippen LogP contribution in [0.3, 0.4) is 0 Å². The van der Waals surface area contributed by atoms with Crippen molar-refractivity contribution in [1.82, 2.24) is 9.97 Å². The zero-order valence-electron chi connectivity index (χ0n) is 14.2. The Morgan fingerprint density at radius 2 is 2.00 bits per heavy atom. The van der Waals surface area contributed by atoms with Crippen LogP contribution in [-0.2, 0) is 6.42 Å². The molecule has 0 fully saturated rings. The summed E-state index contributed by atoms with van der Waals surface area (Å²) in [7, 11) is 1.56. The quantitative estimate of drug-likeness (QED) is 0.630. The maximum absolute atomic E-state index is 13.6. The first-order valence-electron chi connectivity index (χ1n) is 8.06. The second-order valence-electron chi connectivity index (χ2n) is 5.51. The second kappa shape index (κ2) is 8.49. The average Bonchev–Trinajstić information content (AvgIpc) is 2.64. The highest BCUT2D eigenvalue weighted by Crippen LogP contribution is 2.28. The number of rotatable bonds is 7. The Kier molecular flexibility index (Phi) is 5.86. The second-order valence-corrected chi connectivity index (χ2v) is 5.92. The van der Waals surface area contributed by atoms with Crippen LogP contribution >= 0.6 is 11.6 Å². The van der Waals surface area contributed by atoms with Crippen molar-refractivity contribution in [2.45, 2.75) is 6.42 Å². The molecule has 3 rings (SSSR count). The number of benzene rings is 2. The summed E-state index contributed by atoms with van der Waals surface area (Å²) in [6.45, 7) is 0.561. The Morgan fingerprint density at radius 3 is 2.77 bits per heavy atom. The minimum atomic E-state index is -0.198. The van der Waals surface area contributed by atoms with Gasteiger partial charge >= 0.3 is 0 Å². The topological polar surface area (TPSA) is 59.1 Å². The van der Waals surface area contributed by atoms with E-state index < -0.39 is 0 Å². The molecule has 0 bridgehead atoms. The van der Waals surface area contributed by atoms with Gasteiger partial charge in [0.1, 0.15) is 17.4 Å². The number of nitrogens with zero attached hydrogens (tertiary/aromatic N) is 2. The standard InChI is InChI=1S/C19H18ClFN4O/c1-26-17-7-6-14(12-15(17)20)24-19-23-11-9-18(25-19)22-10-8-13-4-2-3-5-16(13)21/h2-7,9,11-12H,8,10H2,1H3,(H2,22,23,24,25). The van der Waals surface area contributed by atoms with E-state index in [1.54, 1.807) is 43.6 Å². The molecule has 0 radical (unpaired) electrons. The van der Waals surface area contributed by atoms with E-state index in [9.17, 15) is 4.39 Å². The van der Waals surface area contributed by atoms with Crippen molar-refractivity contribution < 1.29 is 9.13 Å². The summed E-state index contributed by atoms with van der Waals surface area (Å²) in [6, 6.07) is 13.8. The lowest BCUT2D eigenvalue weighted by atomic mass is 10.1. The molecule has 3 aromatic rings. The summed E-state index contributed by atoms with van der Waals surface area (Å²) in [5.41, 5.74) is 1.42.